The Morgan fingerprint density at radius 1 is 1.05 bits per heavy atom. The van der Waals surface area contributed by atoms with Crippen LogP contribution >= 0.6 is 15.9 Å². The van der Waals surface area contributed by atoms with Crippen LogP contribution in [-0.4, -0.2) is 8.42 Å². The van der Waals surface area contributed by atoms with E-state index in [0.29, 0.717) is 5.56 Å². The summed E-state index contributed by atoms with van der Waals surface area (Å²) in [6, 6.07) is 8.01. The lowest BCUT2D eigenvalue weighted by atomic mass is 10.2. The maximum Gasteiger partial charge on any atom is 0.188 e. The topological polar surface area (TPSA) is 60.2 Å². The highest BCUT2D eigenvalue weighted by atomic mass is 79.9. The van der Waals surface area contributed by atoms with E-state index in [2.05, 4.69) is 15.9 Å². The predicted molar refractivity (Wildman–Crippen MR) is 75.8 cm³/mol. The molecule has 0 aliphatic rings. The van der Waals surface area contributed by atoms with Crippen molar-refractivity contribution in [2.75, 3.05) is 5.73 Å². The number of hydrogen-bond acceptors (Lipinski definition) is 3. The van der Waals surface area contributed by atoms with Crippen LogP contribution in [0.25, 0.3) is 0 Å². The first kappa shape index (κ1) is 14.9. The Bertz CT molecular complexity index is 722. The molecule has 2 N–H and O–H groups in total. The second-order valence-corrected chi connectivity index (χ2v) is 7.04. The van der Waals surface area contributed by atoms with E-state index >= 15 is 0 Å². The Morgan fingerprint density at radius 2 is 1.55 bits per heavy atom. The summed E-state index contributed by atoms with van der Waals surface area (Å²) in [6.07, 6.45) is 0. The van der Waals surface area contributed by atoms with Crippen molar-refractivity contribution in [1.29, 1.82) is 0 Å². The number of hydrogen-bond donors (Lipinski definition) is 1. The summed E-state index contributed by atoms with van der Waals surface area (Å²) in [6.45, 7) is 0. The molecule has 20 heavy (non-hydrogen) atoms. The predicted octanol–water partition coefficient (Wildman–Crippen LogP) is 3.28. The van der Waals surface area contributed by atoms with Crippen LogP contribution in [0.2, 0.25) is 0 Å². The third-order valence-electron chi connectivity index (χ3n) is 2.60. The van der Waals surface area contributed by atoms with Gasteiger partial charge in [0.15, 0.2) is 9.84 Å². The highest BCUT2D eigenvalue weighted by Gasteiger charge is 2.25. The SMILES string of the molecule is Nc1cc(F)c(S(=O)(=O)Cc2ccc(Br)cc2)c(F)c1. The summed E-state index contributed by atoms with van der Waals surface area (Å²) in [5, 5.41) is 0. The first-order chi connectivity index (χ1) is 9.29. The minimum Gasteiger partial charge on any atom is -0.399 e. The van der Waals surface area contributed by atoms with Crippen LogP contribution in [-0.2, 0) is 15.6 Å². The standard InChI is InChI=1S/C13H10BrF2NO2S/c14-9-3-1-8(2-4-9)7-20(18,19)13-11(15)5-10(17)6-12(13)16/h1-6H,7,17H2. The van der Waals surface area contributed by atoms with Gasteiger partial charge in [0.05, 0.1) is 5.75 Å². The van der Waals surface area contributed by atoms with Crippen LogP contribution < -0.4 is 5.73 Å². The quantitative estimate of drug-likeness (QED) is 0.853. The first-order valence-electron chi connectivity index (χ1n) is 5.51. The first-order valence-corrected chi connectivity index (χ1v) is 7.96. The number of nitrogen functional groups attached to an aromatic ring is 1. The fourth-order valence-corrected chi connectivity index (χ4v) is 3.50. The van der Waals surface area contributed by atoms with Crippen LogP contribution in [0.5, 0.6) is 0 Å². The van der Waals surface area contributed by atoms with E-state index in [9.17, 15) is 17.2 Å². The molecule has 0 unspecified atom stereocenters. The highest BCUT2D eigenvalue weighted by molar-refractivity contribution is 9.10. The third kappa shape index (κ3) is 3.16. The number of anilines is 1. The molecule has 0 aliphatic heterocycles. The molecule has 2 aromatic rings. The average Bonchev–Trinajstić information content (AvgIpc) is 2.30. The molecule has 0 heterocycles. The van der Waals surface area contributed by atoms with Gasteiger partial charge in [0.1, 0.15) is 16.5 Å². The van der Waals surface area contributed by atoms with E-state index < -0.39 is 32.1 Å². The second kappa shape index (κ2) is 5.49. The average molecular weight is 362 g/mol. The van der Waals surface area contributed by atoms with Crippen molar-refractivity contribution in [1.82, 2.24) is 0 Å². The molecular formula is C13H10BrF2NO2S. The van der Waals surface area contributed by atoms with E-state index in [-0.39, 0.29) is 5.69 Å². The zero-order chi connectivity index (χ0) is 14.9. The number of halogens is 3. The van der Waals surface area contributed by atoms with Crippen molar-refractivity contribution in [3.63, 3.8) is 0 Å². The summed E-state index contributed by atoms with van der Waals surface area (Å²) < 4.78 is 52.3. The lowest BCUT2D eigenvalue weighted by molar-refractivity contribution is 0.520. The molecule has 0 spiro atoms. The van der Waals surface area contributed by atoms with Crippen LogP contribution in [0.1, 0.15) is 5.56 Å². The van der Waals surface area contributed by atoms with Gasteiger partial charge in [-0.05, 0) is 29.8 Å². The van der Waals surface area contributed by atoms with Crippen molar-refractivity contribution >= 4 is 31.5 Å². The minimum atomic E-state index is -4.13. The van der Waals surface area contributed by atoms with Gasteiger partial charge < -0.3 is 5.73 Å². The second-order valence-electron chi connectivity index (χ2n) is 4.20. The van der Waals surface area contributed by atoms with E-state index in [0.717, 1.165) is 16.6 Å². The fraction of sp³-hybridized carbons (Fsp3) is 0.0769. The van der Waals surface area contributed by atoms with Crippen LogP contribution in [0.4, 0.5) is 14.5 Å². The molecule has 0 aliphatic carbocycles. The molecule has 2 aromatic carbocycles. The molecule has 106 valence electrons. The van der Waals surface area contributed by atoms with E-state index in [1.807, 2.05) is 0 Å². The smallest absolute Gasteiger partial charge is 0.188 e. The summed E-state index contributed by atoms with van der Waals surface area (Å²) in [4.78, 5) is -0.949. The summed E-state index contributed by atoms with van der Waals surface area (Å²) in [5.74, 6) is -2.85. The Balaban J connectivity index is 2.43. The molecule has 0 amide bonds. The molecule has 0 fully saturated rings. The Morgan fingerprint density at radius 3 is 2.05 bits per heavy atom. The Labute approximate surface area is 123 Å². The van der Waals surface area contributed by atoms with Crippen molar-refractivity contribution in [3.05, 3.63) is 58.1 Å². The van der Waals surface area contributed by atoms with Crippen molar-refractivity contribution in [3.8, 4) is 0 Å². The molecule has 0 saturated carbocycles. The maximum absolute atomic E-state index is 13.7. The van der Waals surface area contributed by atoms with E-state index in [1.165, 1.54) is 0 Å². The number of nitrogens with two attached hydrogens (primary N) is 1. The van der Waals surface area contributed by atoms with E-state index in [1.54, 1.807) is 24.3 Å². The molecule has 0 bridgehead atoms. The Hall–Kier alpha value is -1.47. The summed E-state index contributed by atoms with van der Waals surface area (Å²) in [7, 11) is -4.13. The van der Waals surface area contributed by atoms with Crippen LogP contribution in [0, 0.1) is 11.6 Å². The van der Waals surface area contributed by atoms with Crippen LogP contribution in [0.3, 0.4) is 0 Å². The molecule has 3 nitrogen and oxygen atoms in total. The lowest BCUT2D eigenvalue weighted by Crippen LogP contribution is -2.10. The highest BCUT2D eigenvalue weighted by Crippen LogP contribution is 2.25. The van der Waals surface area contributed by atoms with Gasteiger partial charge in [-0.25, -0.2) is 17.2 Å². The molecule has 2 rings (SSSR count). The number of rotatable bonds is 3. The van der Waals surface area contributed by atoms with Gasteiger partial charge in [0, 0.05) is 10.2 Å². The van der Waals surface area contributed by atoms with Gasteiger partial charge in [0.25, 0.3) is 0 Å². The lowest BCUT2D eigenvalue weighted by Gasteiger charge is -2.08. The fourth-order valence-electron chi connectivity index (χ4n) is 1.75. The molecule has 7 heteroatoms. The zero-order valence-electron chi connectivity index (χ0n) is 10.1. The molecule has 0 aromatic heterocycles. The van der Waals surface area contributed by atoms with Gasteiger partial charge in [-0.2, -0.15) is 0 Å². The van der Waals surface area contributed by atoms with Crippen LogP contribution in [0.15, 0.2) is 45.8 Å². The maximum atomic E-state index is 13.7. The number of benzene rings is 2. The van der Waals surface area contributed by atoms with Crippen molar-refractivity contribution < 1.29 is 17.2 Å². The molecular weight excluding hydrogens is 352 g/mol. The van der Waals surface area contributed by atoms with Gasteiger partial charge in [-0.15, -0.1) is 0 Å². The largest absolute Gasteiger partial charge is 0.399 e. The van der Waals surface area contributed by atoms with Crippen molar-refractivity contribution in [2.45, 2.75) is 10.6 Å². The molecule has 0 atom stereocenters. The normalized spacial score (nSPS) is 11.6. The summed E-state index contributed by atoms with van der Waals surface area (Å²) >= 11 is 3.22. The summed E-state index contributed by atoms with van der Waals surface area (Å²) in [5.41, 5.74) is 5.53. The van der Waals surface area contributed by atoms with Gasteiger partial charge in [-0.3, -0.25) is 0 Å². The minimum absolute atomic E-state index is 0.164. The van der Waals surface area contributed by atoms with Gasteiger partial charge in [0.2, 0.25) is 0 Å². The Kier molecular flexibility index (Phi) is 4.10. The third-order valence-corrected chi connectivity index (χ3v) is 4.86. The number of sulfone groups is 1. The zero-order valence-corrected chi connectivity index (χ0v) is 12.5. The molecule has 0 saturated heterocycles. The van der Waals surface area contributed by atoms with Gasteiger partial charge in [-0.1, -0.05) is 28.1 Å². The van der Waals surface area contributed by atoms with E-state index in [4.69, 9.17) is 5.73 Å². The monoisotopic (exact) mass is 361 g/mol. The van der Waals surface area contributed by atoms with Crippen molar-refractivity contribution in [2.24, 2.45) is 0 Å². The molecule has 0 radical (unpaired) electrons. The van der Waals surface area contributed by atoms with Gasteiger partial charge >= 0.3 is 0 Å².